The number of hydrogen-bond acceptors (Lipinski definition) is 9. The van der Waals surface area contributed by atoms with Crippen molar-refractivity contribution in [2.45, 2.75) is 32.1 Å². The van der Waals surface area contributed by atoms with Gasteiger partial charge in [0.25, 0.3) is 5.91 Å². The van der Waals surface area contributed by atoms with Gasteiger partial charge >= 0.3 is 0 Å². The lowest BCUT2D eigenvalue weighted by Crippen LogP contribution is -2.41. The Kier molecular flexibility index (Phi) is 10.3. The van der Waals surface area contributed by atoms with E-state index in [0.29, 0.717) is 25.1 Å². The quantitative estimate of drug-likeness (QED) is 0.148. The number of anilines is 2. The normalized spacial score (nSPS) is 10.5. The second-order valence-corrected chi connectivity index (χ2v) is 7.50. The zero-order valence-electron chi connectivity index (χ0n) is 18.1. The van der Waals surface area contributed by atoms with Gasteiger partial charge in [0.15, 0.2) is 34.2 Å². The van der Waals surface area contributed by atoms with Crippen molar-refractivity contribution in [2.75, 3.05) is 31.2 Å². The van der Waals surface area contributed by atoms with Crippen molar-refractivity contribution >= 4 is 40.9 Å². The van der Waals surface area contributed by atoms with Crippen molar-refractivity contribution in [3.8, 4) is 5.75 Å². The lowest BCUT2D eigenvalue weighted by Gasteiger charge is -2.10. The molecule has 0 radical (unpaired) electrons. The number of halogens is 1. The van der Waals surface area contributed by atoms with Crippen LogP contribution in [0.4, 0.5) is 11.6 Å². The molecule has 178 valence electrons. The Morgan fingerprint density at radius 1 is 1.09 bits per heavy atom. The predicted molar refractivity (Wildman–Crippen MR) is 125 cm³/mol. The first-order valence-corrected chi connectivity index (χ1v) is 10.7. The molecule has 0 unspecified atom stereocenters. The summed E-state index contributed by atoms with van der Waals surface area (Å²) in [5, 5.41) is 21.5. The molecule has 0 saturated heterocycles. The minimum Gasteiger partial charge on any atom is -0.486 e. The highest BCUT2D eigenvalue weighted by Crippen LogP contribution is 2.17. The van der Waals surface area contributed by atoms with Crippen LogP contribution in [0.5, 0.6) is 5.75 Å². The van der Waals surface area contributed by atoms with E-state index < -0.39 is 5.91 Å². The molecule has 11 nitrogen and oxygen atoms in total. The number of nitrogens with zero attached hydrogens (tertiary/aromatic N) is 2. The number of amides is 1. The van der Waals surface area contributed by atoms with Gasteiger partial charge in [0.2, 0.25) is 0 Å². The number of benzene rings is 1. The zero-order chi connectivity index (χ0) is 24.2. The highest BCUT2D eigenvalue weighted by molar-refractivity contribution is 6.31. The molecular weight excluding hydrogens is 450 g/mol. The van der Waals surface area contributed by atoms with Crippen LogP contribution >= 0.6 is 11.6 Å². The minimum atomic E-state index is -0.711. The predicted octanol–water partition coefficient (Wildman–Crippen LogP) is 1.29. The standard InChI is InChI=1S/C21H28ClN7O4/c22-17-19(24)28-18(23)16(27-17)20(32)29-21(25)26-10-2-1-4-13-6-8-15(9-7-13)33-12-14(31)5-3-11-30/h6-9,30H,1-5,10-12H2,(H4,23,24,28)(H3,25,26,29,32). The van der Waals surface area contributed by atoms with Gasteiger partial charge in [-0.15, -0.1) is 0 Å². The van der Waals surface area contributed by atoms with Gasteiger partial charge in [-0.25, -0.2) is 9.97 Å². The number of guanidine groups is 1. The van der Waals surface area contributed by atoms with Crippen molar-refractivity contribution in [3.05, 3.63) is 40.7 Å². The van der Waals surface area contributed by atoms with Gasteiger partial charge in [0, 0.05) is 19.6 Å². The summed E-state index contributed by atoms with van der Waals surface area (Å²) in [7, 11) is 0. The first-order valence-electron chi connectivity index (χ1n) is 10.4. The summed E-state index contributed by atoms with van der Waals surface area (Å²) in [6.07, 6.45) is 3.21. The van der Waals surface area contributed by atoms with Crippen LogP contribution in [0.15, 0.2) is 24.3 Å². The molecule has 1 amide bonds. The average Bonchev–Trinajstić information content (AvgIpc) is 2.79. The molecule has 0 spiro atoms. The molecule has 12 heteroatoms. The Morgan fingerprint density at radius 2 is 1.82 bits per heavy atom. The van der Waals surface area contributed by atoms with Crippen LogP contribution in [-0.4, -0.2) is 52.5 Å². The summed E-state index contributed by atoms with van der Waals surface area (Å²) in [4.78, 5) is 31.2. The molecule has 0 aliphatic heterocycles. The first kappa shape index (κ1) is 25.8. The summed E-state index contributed by atoms with van der Waals surface area (Å²) in [5.41, 5.74) is 12.0. The summed E-state index contributed by atoms with van der Waals surface area (Å²) >= 11 is 5.76. The number of Topliss-reactive ketones (excluding diaryl/α,β-unsaturated/α-hetero) is 1. The molecule has 33 heavy (non-hydrogen) atoms. The third-order valence-electron chi connectivity index (χ3n) is 4.49. The number of rotatable bonds is 12. The third-order valence-corrected chi connectivity index (χ3v) is 4.77. The molecule has 0 bridgehead atoms. The Balaban J connectivity index is 1.65. The van der Waals surface area contributed by atoms with E-state index in [-0.39, 0.29) is 47.4 Å². The van der Waals surface area contributed by atoms with Crippen LogP contribution in [0.3, 0.4) is 0 Å². The number of aromatic nitrogens is 2. The fraction of sp³-hybridized carbons (Fsp3) is 0.381. The molecule has 1 heterocycles. The fourth-order valence-electron chi connectivity index (χ4n) is 2.76. The maximum atomic E-state index is 12.2. The number of carbonyl (C=O) groups excluding carboxylic acids is 2. The summed E-state index contributed by atoms with van der Waals surface area (Å²) < 4.78 is 5.44. The summed E-state index contributed by atoms with van der Waals surface area (Å²) in [5.74, 6) is -0.580. The van der Waals surface area contributed by atoms with Crippen LogP contribution < -0.4 is 26.8 Å². The molecule has 2 rings (SSSR count). The van der Waals surface area contributed by atoms with E-state index in [1.54, 1.807) is 0 Å². The monoisotopic (exact) mass is 477 g/mol. The Bertz CT molecular complexity index is 970. The number of nitrogens with one attached hydrogen (secondary N) is 3. The van der Waals surface area contributed by atoms with Crippen LogP contribution in [0.25, 0.3) is 0 Å². The van der Waals surface area contributed by atoms with E-state index >= 15 is 0 Å². The van der Waals surface area contributed by atoms with Crippen molar-refractivity contribution in [3.63, 3.8) is 0 Å². The van der Waals surface area contributed by atoms with E-state index in [1.807, 2.05) is 24.3 Å². The second kappa shape index (κ2) is 13.2. The molecule has 2 aromatic rings. The molecule has 0 fully saturated rings. The molecule has 1 aromatic carbocycles. The number of carbonyl (C=O) groups is 2. The lowest BCUT2D eigenvalue weighted by molar-refractivity contribution is -0.121. The molecule has 1 aromatic heterocycles. The molecule has 0 aliphatic carbocycles. The maximum absolute atomic E-state index is 12.2. The van der Waals surface area contributed by atoms with E-state index in [2.05, 4.69) is 20.6 Å². The Morgan fingerprint density at radius 3 is 2.52 bits per heavy atom. The highest BCUT2D eigenvalue weighted by Gasteiger charge is 2.16. The smallest absolute Gasteiger partial charge is 0.280 e. The molecule has 0 aliphatic rings. The average molecular weight is 478 g/mol. The SMILES string of the molecule is N=C(NCCCCc1ccc(OCC(=O)CCCO)cc1)NC(=O)c1nc(Cl)c(N)nc1N. The van der Waals surface area contributed by atoms with Gasteiger partial charge in [-0.1, -0.05) is 23.7 Å². The molecule has 0 atom stereocenters. The van der Waals surface area contributed by atoms with E-state index in [0.717, 1.165) is 24.8 Å². The van der Waals surface area contributed by atoms with Crippen LogP contribution in [0, 0.1) is 5.41 Å². The van der Waals surface area contributed by atoms with Gasteiger partial charge in [-0.3, -0.25) is 20.3 Å². The summed E-state index contributed by atoms with van der Waals surface area (Å²) in [6.45, 7) is 0.479. The van der Waals surface area contributed by atoms with Gasteiger partial charge in [0.1, 0.15) is 12.4 Å². The van der Waals surface area contributed by atoms with Crippen molar-refractivity contribution < 1.29 is 19.4 Å². The van der Waals surface area contributed by atoms with E-state index in [1.165, 1.54) is 0 Å². The van der Waals surface area contributed by atoms with E-state index in [4.69, 9.17) is 38.3 Å². The van der Waals surface area contributed by atoms with Gasteiger partial charge in [-0.2, -0.15) is 0 Å². The summed E-state index contributed by atoms with van der Waals surface area (Å²) in [6, 6.07) is 7.51. The number of aryl methyl sites for hydroxylation is 1. The van der Waals surface area contributed by atoms with E-state index in [9.17, 15) is 9.59 Å². The Labute approximate surface area is 196 Å². The zero-order valence-corrected chi connectivity index (χ0v) is 18.8. The number of ether oxygens (including phenoxy) is 1. The number of unbranched alkanes of at least 4 members (excludes halogenated alkanes) is 1. The second-order valence-electron chi connectivity index (χ2n) is 7.14. The Hall–Kier alpha value is -3.44. The van der Waals surface area contributed by atoms with Crippen molar-refractivity contribution in [2.24, 2.45) is 0 Å². The van der Waals surface area contributed by atoms with Gasteiger partial charge < -0.3 is 26.6 Å². The number of ketones is 1. The molecular formula is C21H28ClN7O4. The lowest BCUT2D eigenvalue weighted by atomic mass is 10.1. The molecule has 0 saturated carbocycles. The first-order chi connectivity index (χ1) is 15.8. The topological polar surface area (TPSA) is 189 Å². The van der Waals surface area contributed by atoms with Crippen molar-refractivity contribution in [1.82, 2.24) is 20.6 Å². The van der Waals surface area contributed by atoms with Crippen LogP contribution in [0.1, 0.15) is 41.7 Å². The number of nitrogen functional groups attached to an aromatic ring is 2. The number of hydrogen-bond donors (Lipinski definition) is 6. The minimum absolute atomic E-state index is 0.00194. The number of aliphatic hydroxyl groups excluding tert-OH is 1. The highest BCUT2D eigenvalue weighted by atomic mass is 35.5. The van der Waals surface area contributed by atoms with Gasteiger partial charge in [-0.05, 0) is 43.4 Å². The third kappa shape index (κ3) is 8.91. The number of nitrogens with two attached hydrogens (primary N) is 2. The van der Waals surface area contributed by atoms with Gasteiger partial charge in [0.05, 0.1) is 0 Å². The fourth-order valence-corrected chi connectivity index (χ4v) is 2.88. The maximum Gasteiger partial charge on any atom is 0.280 e. The number of aliphatic hydroxyl groups is 1. The van der Waals surface area contributed by atoms with Crippen molar-refractivity contribution in [1.29, 1.82) is 5.41 Å². The van der Waals surface area contributed by atoms with Crippen LogP contribution in [-0.2, 0) is 11.2 Å². The van der Waals surface area contributed by atoms with Crippen LogP contribution in [0.2, 0.25) is 5.15 Å². The largest absolute Gasteiger partial charge is 0.486 e. The molecule has 8 N–H and O–H groups in total.